The second kappa shape index (κ2) is 10.8. The molecule has 0 spiro atoms. The van der Waals surface area contributed by atoms with Crippen LogP contribution >= 0.6 is 31.9 Å². The molecule has 0 bridgehead atoms. The molecule has 0 aromatic heterocycles. The molecule has 0 aliphatic carbocycles. The number of carbonyl (C=O) groups is 1. The second-order valence-electron chi connectivity index (χ2n) is 7.02. The van der Waals surface area contributed by atoms with Gasteiger partial charge in [0.25, 0.3) is 5.91 Å². The lowest BCUT2D eigenvalue weighted by Crippen LogP contribution is -2.13. The van der Waals surface area contributed by atoms with E-state index in [0.717, 1.165) is 6.07 Å². The molecular formula is C23H12Br2F3N3O5. The number of aromatic hydroxyl groups is 1. The van der Waals surface area contributed by atoms with E-state index in [1.54, 1.807) is 6.07 Å². The minimum Gasteiger partial charge on any atom is -0.508 e. The first-order valence-electron chi connectivity index (χ1n) is 9.63. The largest absolute Gasteiger partial charge is 0.508 e. The molecule has 3 rings (SSSR count). The number of phenols is 1. The van der Waals surface area contributed by atoms with E-state index in [0.29, 0.717) is 23.4 Å². The summed E-state index contributed by atoms with van der Waals surface area (Å²) < 4.78 is 44.8. The molecule has 0 aliphatic rings. The molecule has 0 unspecified atom stereocenters. The number of ether oxygens (including phenoxy) is 1. The number of nitro groups is 1. The van der Waals surface area contributed by atoms with Gasteiger partial charge in [0.2, 0.25) is 5.75 Å². The Hall–Kier alpha value is -3.89. The van der Waals surface area contributed by atoms with E-state index in [1.807, 2.05) is 0 Å². The Balaban J connectivity index is 1.90. The number of halogens is 5. The third-order valence-corrected chi connectivity index (χ3v) is 5.69. The van der Waals surface area contributed by atoms with Gasteiger partial charge >= 0.3 is 11.9 Å². The van der Waals surface area contributed by atoms with Gasteiger partial charge in [0, 0.05) is 11.8 Å². The van der Waals surface area contributed by atoms with E-state index in [-0.39, 0.29) is 26.0 Å². The lowest BCUT2D eigenvalue weighted by Gasteiger charge is -2.13. The quantitative estimate of drug-likeness (QED) is 0.0981. The number of phenolic OH excluding ortho intramolecular Hbond substituents is 1. The fourth-order valence-corrected chi connectivity index (χ4v) is 4.24. The number of hydrogen-bond donors (Lipinski definition) is 2. The van der Waals surface area contributed by atoms with Gasteiger partial charge in [-0.15, -0.1) is 0 Å². The van der Waals surface area contributed by atoms with Crippen LogP contribution in [0.5, 0.6) is 17.2 Å². The summed E-state index contributed by atoms with van der Waals surface area (Å²) in [6.45, 7) is 0. The molecule has 184 valence electrons. The van der Waals surface area contributed by atoms with Crippen molar-refractivity contribution in [3.8, 4) is 23.3 Å². The third kappa shape index (κ3) is 6.41. The van der Waals surface area contributed by atoms with Crippen molar-refractivity contribution in [3.63, 3.8) is 0 Å². The zero-order valence-electron chi connectivity index (χ0n) is 17.6. The maximum atomic E-state index is 12.9. The Kier molecular flexibility index (Phi) is 8.01. The van der Waals surface area contributed by atoms with Crippen LogP contribution in [0.25, 0.3) is 6.08 Å². The normalized spacial score (nSPS) is 11.5. The van der Waals surface area contributed by atoms with Crippen LogP contribution in [0.15, 0.2) is 69.1 Å². The predicted octanol–water partition coefficient (Wildman–Crippen LogP) is 7.18. The summed E-state index contributed by atoms with van der Waals surface area (Å²) in [5.74, 6) is -1.12. The maximum Gasteiger partial charge on any atom is 0.416 e. The Morgan fingerprint density at radius 3 is 2.25 bits per heavy atom. The van der Waals surface area contributed by atoms with E-state index < -0.39 is 34.0 Å². The summed E-state index contributed by atoms with van der Waals surface area (Å²) >= 11 is 6.46. The zero-order valence-corrected chi connectivity index (χ0v) is 20.8. The number of carbonyl (C=O) groups excluding carboxylic acids is 1. The number of nitriles is 1. The highest BCUT2D eigenvalue weighted by Crippen LogP contribution is 2.42. The molecule has 8 nitrogen and oxygen atoms in total. The molecule has 3 aromatic carbocycles. The van der Waals surface area contributed by atoms with Gasteiger partial charge in [-0.25, -0.2) is 0 Å². The van der Waals surface area contributed by atoms with Crippen molar-refractivity contribution in [2.45, 2.75) is 6.18 Å². The topological polar surface area (TPSA) is 125 Å². The average Bonchev–Trinajstić information content (AvgIpc) is 2.80. The van der Waals surface area contributed by atoms with E-state index in [4.69, 9.17) is 4.74 Å². The van der Waals surface area contributed by atoms with Crippen molar-refractivity contribution in [2.24, 2.45) is 0 Å². The molecule has 2 N–H and O–H groups in total. The SMILES string of the molecule is N#C/C(=C\c1cc(Br)c(Oc2ccc(C(F)(F)F)cc2[N+](=O)[O-])c(Br)c1)C(=O)Nc1ccc(O)cc1. The molecule has 3 aromatic rings. The lowest BCUT2D eigenvalue weighted by atomic mass is 10.1. The van der Waals surface area contributed by atoms with E-state index in [2.05, 4.69) is 37.2 Å². The maximum absolute atomic E-state index is 12.9. The predicted molar refractivity (Wildman–Crippen MR) is 130 cm³/mol. The van der Waals surface area contributed by atoms with Crippen LogP contribution in [0.2, 0.25) is 0 Å². The van der Waals surface area contributed by atoms with Crippen LogP contribution in [-0.2, 0) is 11.0 Å². The van der Waals surface area contributed by atoms with Crippen LogP contribution in [0, 0.1) is 21.4 Å². The number of amides is 1. The Labute approximate surface area is 218 Å². The zero-order chi connectivity index (χ0) is 26.6. The molecule has 13 heteroatoms. The molecule has 0 saturated carbocycles. The third-order valence-electron chi connectivity index (χ3n) is 4.52. The second-order valence-corrected chi connectivity index (χ2v) is 8.73. The van der Waals surface area contributed by atoms with Gasteiger partial charge in [0.05, 0.1) is 19.4 Å². The van der Waals surface area contributed by atoms with E-state index >= 15 is 0 Å². The fraction of sp³-hybridized carbons (Fsp3) is 0.0435. The van der Waals surface area contributed by atoms with Crippen molar-refractivity contribution < 1.29 is 32.7 Å². The van der Waals surface area contributed by atoms with E-state index in [9.17, 15) is 38.4 Å². The molecule has 0 radical (unpaired) electrons. The molecular weight excluding hydrogens is 615 g/mol. The summed E-state index contributed by atoms with van der Waals surface area (Å²) in [6.07, 6.45) is -3.50. The highest BCUT2D eigenvalue weighted by Gasteiger charge is 2.33. The average molecular weight is 627 g/mol. The summed E-state index contributed by atoms with van der Waals surface area (Å²) in [5, 5.41) is 32.6. The Morgan fingerprint density at radius 1 is 1.11 bits per heavy atom. The summed E-state index contributed by atoms with van der Waals surface area (Å²) in [7, 11) is 0. The van der Waals surface area contributed by atoms with Crippen molar-refractivity contribution in [1.82, 2.24) is 0 Å². The minimum atomic E-state index is -4.77. The highest BCUT2D eigenvalue weighted by atomic mass is 79.9. The van der Waals surface area contributed by atoms with Crippen molar-refractivity contribution in [3.05, 3.63) is 90.4 Å². The van der Waals surface area contributed by atoms with Gasteiger partial charge in [-0.05, 0) is 92.0 Å². The number of nitro benzene ring substituents is 1. The first-order chi connectivity index (χ1) is 16.9. The summed E-state index contributed by atoms with van der Waals surface area (Å²) in [6, 6.07) is 12.2. The number of alkyl halides is 3. The standard InChI is InChI=1S/C23H12Br2F3N3O5/c24-17-8-12(7-13(11-29)22(33)30-15-2-4-16(32)5-3-15)9-18(25)21(17)36-20-6-1-14(23(26,27)28)10-19(20)31(34)35/h1-10,32H,(H,30,33)/b13-7+. The number of hydrogen-bond acceptors (Lipinski definition) is 6. The molecule has 0 heterocycles. The fourth-order valence-electron chi connectivity index (χ4n) is 2.85. The van der Waals surface area contributed by atoms with Crippen LogP contribution in [0.4, 0.5) is 24.5 Å². The van der Waals surface area contributed by atoms with Crippen LogP contribution in [-0.4, -0.2) is 15.9 Å². The van der Waals surface area contributed by atoms with Gasteiger partial charge in [-0.2, -0.15) is 18.4 Å². The molecule has 0 saturated heterocycles. The first kappa shape index (κ1) is 26.7. The number of anilines is 1. The van der Waals surface area contributed by atoms with Gasteiger partial charge in [0.15, 0.2) is 5.75 Å². The first-order valence-corrected chi connectivity index (χ1v) is 11.2. The van der Waals surface area contributed by atoms with Crippen LogP contribution in [0.1, 0.15) is 11.1 Å². The minimum absolute atomic E-state index is 0.00249. The Morgan fingerprint density at radius 2 is 1.72 bits per heavy atom. The lowest BCUT2D eigenvalue weighted by molar-refractivity contribution is -0.385. The Bertz CT molecular complexity index is 1390. The molecule has 0 aliphatic heterocycles. The number of rotatable bonds is 6. The molecule has 1 amide bonds. The summed E-state index contributed by atoms with van der Waals surface area (Å²) in [5.41, 5.74) is -1.63. The van der Waals surface area contributed by atoms with Gasteiger partial charge < -0.3 is 15.2 Å². The van der Waals surface area contributed by atoms with Crippen LogP contribution < -0.4 is 10.1 Å². The van der Waals surface area contributed by atoms with Gasteiger partial charge in [-0.1, -0.05) is 0 Å². The highest BCUT2D eigenvalue weighted by molar-refractivity contribution is 9.11. The smallest absolute Gasteiger partial charge is 0.416 e. The molecule has 36 heavy (non-hydrogen) atoms. The van der Waals surface area contributed by atoms with Crippen LogP contribution in [0.3, 0.4) is 0 Å². The van der Waals surface area contributed by atoms with Crippen molar-refractivity contribution in [2.75, 3.05) is 5.32 Å². The molecule has 0 atom stereocenters. The van der Waals surface area contributed by atoms with Gasteiger partial charge in [-0.3, -0.25) is 14.9 Å². The monoisotopic (exact) mass is 625 g/mol. The number of nitrogens with one attached hydrogen (secondary N) is 1. The van der Waals surface area contributed by atoms with E-state index in [1.165, 1.54) is 42.5 Å². The molecule has 0 fully saturated rings. The van der Waals surface area contributed by atoms with Crippen molar-refractivity contribution >= 4 is 55.2 Å². The number of benzene rings is 3. The summed E-state index contributed by atoms with van der Waals surface area (Å²) in [4.78, 5) is 22.8. The van der Waals surface area contributed by atoms with Crippen molar-refractivity contribution in [1.29, 1.82) is 5.26 Å². The number of nitrogens with zero attached hydrogens (tertiary/aromatic N) is 2. The van der Waals surface area contributed by atoms with Gasteiger partial charge in [0.1, 0.15) is 17.4 Å².